The minimum atomic E-state index is -3.33. The summed E-state index contributed by atoms with van der Waals surface area (Å²) in [5.74, 6) is -0.320. The zero-order valence-electron chi connectivity index (χ0n) is 12.3. The van der Waals surface area contributed by atoms with Crippen molar-refractivity contribution in [2.75, 3.05) is 5.32 Å². The highest BCUT2D eigenvalue weighted by Gasteiger charge is 2.27. The minimum absolute atomic E-state index is 0.119. The van der Waals surface area contributed by atoms with E-state index in [9.17, 15) is 9.00 Å². The lowest BCUT2D eigenvalue weighted by atomic mass is 9.83. The number of aromatic nitrogens is 1. The first-order valence-corrected chi connectivity index (χ1v) is 9.87. The van der Waals surface area contributed by atoms with Crippen molar-refractivity contribution in [3.63, 3.8) is 0 Å². The smallest absolute Gasteiger partial charge is 0.284 e. The van der Waals surface area contributed by atoms with Crippen LogP contribution in [-0.4, -0.2) is 15.1 Å². The molecule has 8 heteroatoms. The lowest BCUT2D eigenvalue weighted by Crippen LogP contribution is -2.20. The van der Waals surface area contributed by atoms with E-state index in [4.69, 9.17) is 9.92 Å². The fourth-order valence-electron chi connectivity index (χ4n) is 3.27. The molecule has 1 heterocycles. The number of benzene rings is 1. The van der Waals surface area contributed by atoms with Crippen LogP contribution < -0.4 is 10.5 Å². The largest absolute Gasteiger partial charge is 0.319 e. The number of thiazole rings is 1. The van der Waals surface area contributed by atoms with Crippen molar-refractivity contribution in [1.29, 1.82) is 4.78 Å². The molecule has 2 aliphatic rings. The molecule has 0 saturated heterocycles. The van der Waals surface area contributed by atoms with E-state index in [1.54, 1.807) is 0 Å². The van der Waals surface area contributed by atoms with Gasteiger partial charge in [-0.1, -0.05) is 17.4 Å². The van der Waals surface area contributed by atoms with Crippen molar-refractivity contribution in [2.24, 2.45) is 5.14 Å². The third kappa shape index (κ3) is 2.46. The van der Waals surface area contributed by atoms with Crippen molar-refractivity contribution in [1.82, 2.24) is 4.98 Å². The fraction of sp³-hybridized carbons (Fsp3) is 0.333. The van der Waals surface area contributed by atoms with Crippen LogP contribution in [0.2, 0.25) is 0 Å². The summed E-state index contributed by atoms with van der Waals surface area (Å²) in [6.45, 7) is 0. The molecule has 0 radical (unpaired) electrons. The number of carbonyl (C=O) groups is 1. The number of nitrogens with two attached hydrogens (primary N) is 1. The van der Waals surface area contributed by atoms with Crippen LogP contribution in [0, 0.1) is 4.78 Å². The molecule has 4 rings (SSSR count). The number of rotatable bonds is 3. The van der Waals surface area contributed by atoms with Gasteiger partial charge in [0.05, 0.1) is 6.20 Å². The summed E-state index contributed by atoms with van der Waals surface area (Å²) in [5, 5.41) is 8.47. The second-order valence-corrected chi connectivity index (χ2v) is 8.85. The van der Waals surface area contributed by atoms with Gasteiger partial charge in [0.25, 0.3) is 5.91 Å². The van der Waals surface area contributed by atoms with E-state index in [-0.39, 0.29) is 15.1 Å². The van der Waals surface area contributed by atoms with Gasteiger partial charge in [-0.2, -0.15) is 0 Å². The molecule has 6 nitrogen and oxygen atoms in total. The number of carbonyl (C=O) groups excluding carboxylic acids is 1. The van der Waals surface area contributed by atoms with Gasteiger partial charge >= 0.3 is 0 Å². The van der Waals surface area contributed by atoms with Crippen LogP contribution in [-0.2, 0) is 35.6 Å². The Hall–Kier alpha value is -1.77. The highest BCUT2D eigenvalue weighted by molar-refractivity contribution is 7.92. The molecule has 2 aliphatic carbocycles. The summed E-state index contributed by atoms with van der Waals surface area (Å²) in [6, 6.07) is 2.28. The minimum Gasteiger partial charge on any atom is -0.319 e. The van der Waals surface area contributed by atoms with Gasteiger partial charge in [-0.05, 0) is 54.4 Å². The Balaban J connectivity index is 1.67. The SMILES string of the molecule is N=S(N)(=O)c1cnc(C(=O)Nc2c3c(cc4c2CC4)CCC3)s1. The molecule has 2 aromatic rings. The molecule has 0 fully saturated rings. The van der Waals surface area contributed by atoms with E-state index in [0.29, 0.717) is 0 Å². The van der Waals surface area contributed by atoms with Crippen LogP contribution in [0.15, 0.2) is 16.5 Å². The Morgan fingerprint density at radius 1 is 1.26 bits per heavy atom. The molecule has 23 heavy (non-hydrogen) atoms. The van der Waals surface area contributed by atoms with Crippen LogP contribution in [0.25, 0.3) is 0 Å². The summed E-state index contributed by atoms with van der Waals surface area (Å²) in [4.78, 5) is 16.5. The third-order valence-electron chi connectivity index (χ3n) is 4.46. The Morgan fingerprint density at radius 3 is 2.65 bits per heavy atom. The first-order chi connectivity index (χ1) is 10.9. The van der Waals surface area contributed by atoms with Gasteiger partial charge in [0.1, 0.15) is 14.1 Å². The average molecular weight is 348 g/mol. The zero-order valence-corrected chi connectivity index (χ0v) is 14.0. The molecule has 1 aromatic heterocycles. The molecule has 0 aliphatic heterocycles. The number of nitrogens with one attached hydrogen (secondary N) is 2. The van der Waals surface area contributed by atoms with Gasteiger partial charge < -0.3 is 5.32 Å². The van der Waals surface area contributed by atoms with Crippen molar-refractivity contribution in [3.05, 3.63) is 39.5 Å². The van der Waals surface area contributed by atoms with E-state index in [2.05, 4.69) is 16.4 Å². The van der Waals surface area contributed by atoms with Gasteiger partial charge in [-0.3, -0.25) is 4.79 Å². The predicted octanol–water partition coefficient (Wildman–Crippen LogP) is 2.26. The first kappa shape index (κ1) is 14.8. The molecule has 0 bridgehead atoms. The molecular formula is C15H16N4O2S2. The molecule has 1 atom stereocenters. The number of anilines is 1. The highest BCUT2D eigenvalue weighted by atomic mass is 32.2. The maximum absolute atomic E-state index is 12.5. The van der Waals surface area contributed by atoms with Crippen LogP contribution >= 0.6 is 11.3 Å². The van der Waals surface area contributed by atoms with Crippen LogP contribution in [0.4, 0.5) is 5.69 Å². The Morgan fingerprint density at radius 2 is 2.00 bits per heavy atom. The Kier molecular flexibility index (Phi) is 3.29. The van der Waals surface area contributed by atoms with Gasteiger partial charge in [0.15, 0.2) is 5.01 Å². The monoisotopic (exact) mass is 348 g/mol. The second kappa shape index (κ2) is 5.12. The summed E-state index contributed by atoms with van der Waals surface area (Å²) < 4.78 is 19.0. The number of hydrogen-bond acceptors (Lipinski definition) is 5. The lowest BCUT2D eigenvalue weighted by Gasteiger charge is -2.25. The molecule has 1 aromatic carbocycles. The molecule has 0 saturated carbocycles. The van der Waals surface area contributed by atoms with E-state index in [1.165, 1.54) is 28.5 Å². The molecular weight excluding hydrogens is 332 g/mol. The van der Waals surface area contributed by atoms with Gasteiger partial charge in [0, 0.05) is 5.69 Å². The summed E-state index contributed by atoms with van der Waals surface area (Å²) in [5.41, 5.74) is 6.10. The lowest BCUT2D eigenvalue weighted by molar-refractivity contribution is 0.102. The van der Waals surface area contributed by atoms with Crippen molar-refractivity contribution in [3.8, 4) is 0 Å². The van der Waals surface area contributed by atoms with Gasteiger partial charge in [0.2, 0.25) is 0 Å². The molecule has 120 valence electrons. The molecule has 0 spiro atoms. The quantitative estimate of drug-likeness (QED) is 0.791. The van der Waals surface area contributed by atoms with Crippen LogP contribution in [0.5, 0.6) is 0 Å². The molecule has 4 N–H and O–H groups in total. The maximum atomic E-state index is 12.5. The predicted molar refractivity (Wildman–Crippen MR) is 89.3 cm³/mol. The molecule has 1 amide bonds. The fourth-order valence-corrected chi connectivity index (χ4v) is 4.75. The Bertz CT molecular complexity index is 931. The van der Waals surface area contributed by atoms with E-state index in [0.717, 1.165) is 49.1 Å². The number of hydrogen-bond donors (Lipinski definition) is 3. The summed E-state index contributed by atoms with van der Waals surface area (Å²) >= 11 is 0.917. The summed E-state index contributed by atoms with van der Waals surface area (Å²) in [6.07, 6.45) is 6.50. The first-order valence-electron chi connectivity index (χ1n) is 7.44. The molecule has 1 unspecified atom stereocenters. The topological polar surface area (TPSA) is 109 Å². The van der Waals surface area contributed by atoms with Crippen LogP contribution in [0.3, 0.4) is 0 Å². The van der Waals surface area contributed by atoms with Crippen molar-refractivity contribution < 1.29 is 9.00 Å². The third-order valence-corrected chi connectivity index (χ3v) is 6.95. The maximum Gasteiger partial charge on any atom is 0.284 e. The Labute approximate surface area is 138 Å². The van der Waals surface area contributed by atoms with Crippen molar-refractivity contribution >= 4 is 32.8 Å². The van der Waals surface area contributed by atoms with E-state index >= 15 is 0 Å². The van der Waals surface area contributed by atoms with Crippen molar-refractivity contribution in [2.45, 2.75) is 36.3 Å². The van der Waals surface area contributed by atoms with Crippen LogP contribution in [0.1, 0.15) is 38.5 Å². The number of nitrogens with zero attached hydrogens (tertiary/aromatic N) is 1. The second-order valence-electron chi connectivity index (χ2n) is 5.92. The van der Waals surface area contributed by atoms with E-state index < -0.39 is 9.92 Å². The van der Waals surface area contributed by atoms with Gasteiger partial charge in [-0.15, -0.1) is 0 Å². The standard InChI is InChI=1S/C15H16N4O2S2/c16-23(17,21)12-7-18-15(22-12)14(20)19-13-10-3-1-2-8(10)6-9-4-5-11(9)13/h6-7H,1-5H2,(H,19,20)(H3,16,17,21). The number of amides is 1. The van der Waals surface area contributed by atoms with Gasteiger partial charge in [-0.25, -0.2) is 19.1 Å². The summed E-state index contributed by atoms with van der Waals surface area (Å²) in [7, 11) is -3.33. The van der Waals surface area contributed by atoms with E-state index in [1.807, 2.05) is 0 Å². The normalized spacial score (nSPS) is 17.8. The zero-order chi connectivity index (χ0) is 16.2. The number of aryl methyl sites for hydroxylation is 2. The number of fused-ring (bicyclic) bond motifs is 2. The highest BCUT2D eigenvalue weighted by Crippen LogP contribution is 2.39. The average Bonchev–Trinajstić information content (AvgIpc) is 3.10.